The summed E-state index contributed by atoms with van der Waals surface area (Å²) in [6, 6.07) is 0.506. The van der Waals surface area contributed by atoms with Gasteiger partial charge in [0, 0.05) is 6.07 Å². The molecule has 0 unspecified atom stereocenters. The van der Waals surface area contributed by atoms with E-state index < -0.39 is 24.5 Å². The first kappa shape index (κ1) is 10.7. The third-order valence-corrected chi connectivity index (χ3v) is 1.28. The van der Waals surface area contributed by atoms with Crippen molar-refractivity contribution in [1.29, 1.82) is 0 Å². The van der Waals surface area contributed by atoms with Crippen LogP contribution in [0.3, 0.4) is 0 Å². The number of hydrogen-bond donors (Lipinski definition) is 1. The quantitative estimate of drug-likeness (QED) is 0.755. The Hall–Kier alpha value is -1.37. The summed E-state index contributed by atoms with van der Waals surface area (Å²) < 4.78 is 51.1. The summed E-state index contributed by atoms with van der Waals surface area (Å²) in [5.74, 6) is -1.80. The average Bonchev–Trinajstić information content (AvgIpc) is 2.01. The van der Waals surface area contributed by atoms with E-state index in [0.29, 0.717) is 12.3 Å². The number of halogens is 4. The number of hydrogen-bond acceptors (Lipinski definition) is 3. The molecule has 0 spiro atoms. The lowest BCUT2D eigenvalue weighted by atomic mass is 10.3. The predicted octanol–water partition coefficient (Wildman–Crippen LogP) is 1.61. The molecular formula is C7H5F4NO2. The van der Waals surface area contributed by atoms with Gasteiger partial charge in [-0.1, -0.05) is 0 Å². The molecule has 0 saturated carbocycles. The zero-order valence-electron chi connectivity index (χ0n) is 6.68. The topological polar surface area (TPSA) is 42.4 Å². The molecule has 0 saturated heterocycles. The van der Waals surface area contributed by atoms with E-state index >= 15 is 0 Å². The Morgan fingerprint density at radius 3 is 2.50 bits per heavy atom. The van der Waals surface area contributed by atoms with Gasteiger partial charge >= 0.3 is 6.36 Å². The second-order valence-electron chi connectivity index (χ2n) is 2.31. The third-order valence-electron chi connectivity index (χ3n) is 1.28. The van der Waals surface area contributed by atoms with Crippen LogP contribution in [0.1, 0.15) is 5.69 Å². The van der Waals surface area contributed by atoms with Crippen molar-refractivity contribution >= 4 is 0 Å². The Morgan fingerprint density at radius 1 is 1.43 bits per heavy atom. The lowest BCUT2D eigenvalue weighted by molar-refractivity contribution is -0.274. The summed E-state index contributed by atoms with van der Waals surface area (Å²) >= 11 is 0. The molecule has 7 heteroatoms. The summed E-state index contributed by atoms with van der Waals surface area (Å²) in [4.78, 5) is 3.23. The number of aliphatic hydroxyl groups excluding tert-OH is 1. The van der Waals surface area contributed by atoms with Crippen LogP contribution >= 0.6 is 0 Å². The molecule has 3 nitrogen and oxygen atoms in total. The van der Waals surface area contributed by atoms with Gasteiger partial charge in [0.25, 0.3) is 0 Å². The summed E-state index contributed by atoms with van der Waals surface area (Å²) in [6.45, 7) is -0.682. The summed E-state index contributed by atoms with van der Waals surface area (Å²) in [6.07, 6.45) is -4.20. The molecule has 1 aromatic heterocycles. The third kappa shape index (κ3) is 2.84. The minimum atomic E-state index is -4.88. The van der Waals surface area contributed by atoms with Crippen molar-refractivity contribution in [3.63, 3.8) is 0 Å². The van der Waals surface area contributed by atoms with Crippen molar-refractivity contribution in [2.75, 3.05) is 0 Å². The van der Waals surface area contributed by atoms with E-state index in [1.807, 2.05) is 0 Å². The number of alkyl halides is 3. The van der Waals surface area contributed by atoms with Crippen LogP contribution in [0.15, 0.2) is 12.3 Å². The van der Waals surface area contributed by atoms with Gasteiger partial charge in [0.15, 0.2) is 11.6 Å². The highest BCUT2D eigenvalue weighted by Gasteiger charge is 2.31. The molecule has 0 aliphatic heterocycles. The SMILES string of the molecule is OCc1ncc(OC(F)(F)F)cc1F. The van der Waals surface area contributed by atoms with Gasteiger partial charge in [-0.25, -0.2) is 4.39 Å². The summed E-state index contributed by atoms with van der Waals surface area (Å²) in [5, 5.41) is 8.48. The molecule has 78 valence electrons. The molecule has 0 aliphatic rings. The molecule has 1 heterocycles. The molecule has 1 aromatic rings. The van der Waals surface area contributed by atoms with E-state index in [-0.39, 0.29) is 5.69 Å². The summed E-state index contributed by atoms with van der Waals surface area (Å²) in [7, 11) is 0. The lowest BCUT2D eigenvalue weighted by Crippen LogP contribution is -2.17. The maximum absolute atomic E-state index is 12.8. The predicted molar refractivity (Wildman–Crippen MR) is 36.8 cm³/mol. The van der Waals surface area contributed by atoms with Gasteiger partial charge in [0.05, 0.1) is 12.8 Å². The number of aliphatic hydroxyl groups is 1. The molecular weight excluding hydrogens is 206 g/mol. The maximum Gasteiger partial charge on any atom is 0.573 e. The number of ether oxygens (including phenoxy) is 1. The van der Waals surface area contributed by atoms with Crippen LogP contribution in [0.2, 0.25) is 0 Å². The van der Waals surface area contributed by atoms with Crippen LogP contribution in [-0.2, 0) is 6.61 Å². The van der Waals surface area contributed by atoms with Crippen LogP contribution in [0, 0.1) is 5.82 Å². The van der Waals surface area contributed by atoms with Crippen LogP contribution in [0.4, 0.5) is 17.6 Å². The normalized spacial score (nSPS) is 11.5. The standard InChI is InChI=1S/C7H5F4NO2/c8-5-1-4(14-7(9,10)11)2-12-6(5)3-13/h1-2,13H,3H2. The van der Waals surface area contributed by atoms with Crippen LogP contribution in [0.5, 0.6) is 5.75 Å². The van der Waals surface area contributed by atoms with Crippen LogP contribution in [-0.4, -0.2) is 16.5 Å². The van der Waals surface area contributed by atoms with E-state index in [9.17, 15) is 17.6 Å². The van der Waals surface area contributed by atoms with Gasteiger partial charge in [-0.15, -0.1) is 13.2 Å². The van der Waals surface area contributed by atoms with Crippen molar-refractivity contribution in [3.8, 4) is 5.75 Å². The van der Waals surface area contributed by atoms with Crippen molar-refractivity contribution in [2.24, 2.45) is 0 Å². The minimum absolute atomic E-state index is 0.334. The monoisotopic (exact) mass is 211 g/mol. The molecule has 14 heavy (non-hydrogen) atoms. The van der Waals surface area contributed by atoms with Gasteiger partial charge < -0.3 is 9.84 Å². The van der Waals surface area contributed by atoms with Crippen LogP contribution in [0.25, 0.3) is 0 Å². The Labute approximate surface area is 76.0 Å². The number of pyridine rings is 1. The second-order valence-corrected chi connectivity index (χ2v) is 2.31. The number of rotatable bonds is 2. The van der Waals surface area contributed by atoms with E-state index in [1.165, 1.54) is 0 Å². The molecule has 0 bridgehead atoms. The Morgan fingerprint density at radius 2 is 2.07 bits per heavy atom. The zero-order chi connectivity index (χ0) is 10.8. The zero-order valence-corrected chi connectivity index (χ0v) is 6.68. The molecule has 0 fully saturated rings. The first-order valence-corrected chi connectivity index (χ1v) is 3.43. The van der Waals surface area contributed by atoms with Crippen molar-refractivity contribution in [3.05, 3.63) is 23.8 Å². The molecule has 1 rings (SSSR count). The van der Waals surface area contributed by atoms with Gasteiger partial charge in [-0.05, 0) is 0 Å². The fourth-order valence-electron chi connectivity index (χ4n) is 0.754. The lowest BCUT2D eigenvalue weighted by Gasteiger charge is -2.08. The molecule has 0 aliphatic carbocycles. The largest absolute Gasteiger partial charge is 0.573 e. The minimum Gasteiger partial charge on any atom is -0.404 e. The first-order chi connectivity index (χ1) is 6.42. The number of nitrogens with zero attached hydrogens (tertiary/aromatic N) is 1. The van der Waals surface area contributed by atoms with E-state index in [1.54, 1.807) is 0 Å². The fraction of sp³-hybridized carbons (Fsp3) is 0.286. The second kappa shape index (κ2) is 3.79. The first-order valence-electron chi connectivity index (χ1n) is 3.43. The average molecular weight is 211 g/mol. The number of aromatic nitrogens is 1. The van der Waals surface area contributed by atoms with Gasteiger partial charge in [0.2, 0.25) is 0 Å². The molecule has 0 radical (unpaired) electrons. The van der Waals surface area contributed by atoms with Crippen LogP contribution < -0.4 is 4.74 Å². The Bertz CT molecular complexity index is 326. The summed E-state index contributed by atoms with van der Waals surface area (Å²) in [5.41, 5.74) is -0.334. The molecule has 1 N–H and O–H groups in total. The van der Waals surface area contributed by atoms with E-state index in [2.05, 4.69) is 9.72 Å². The highest BCUT2D eigenvalue weighted by Crippen LogP contribution is 2.23. The van der Waals surface area contributed by atoms with Gasteiger partial charge in [0.1, 0.15) is 5.69 Å². The van der Waals surface area contributed by atoms with E-state index in [4.69, 9.17) is 5.11 Å². The van der Waals surface area contributed by atoms with Crippen molar-refractivity contribution in [2.45, 2.75) is 13.0 Å². The van der Waals surface area contributed by atoms with Gasteiger partial charge in [-0.2, -0.15) is 0 Å². The van der Waals surface area contributed by atoms with Crippen molar-refractivity contribution in [1.82, 2.24) is 4.98 Å². The molecule has 0 amide bonds. The fourth-order valence-corrected chi connectivity index (χ4v) is 0.754. The highest BCUT2D eigenvalue weighted by molar-refractivity contribution is 5.21. The van der Waals surface area contributed by atoms with Crippen molar-refractivity contribution < 1.29 is 27.4 Å². The maximum atomic E-state index is 12.8. The smallest absolute Gasteiger partial charge is 0.404 e. The van der Waals surface area contributed by atoms with Gasteiger partial charge in [-0.3, -0.25) is 4.98 Å². The van der Waals surface area contributed by atoms with E-state index in [0.717, 1.165) is 0 Å². The molecule has 0 atom stereocenters. The highest BCUT2D eigenvalue weighted by atomic mass is 19.4. The Kier molecular flexibility index (Phi) is 2.90. The Balaban J connectivity index is 2.87. The molecule has 0 aromatic carbocycles.